The van der Waals surface area contributed by atoms with E-state index in [1.54, 1.807) is 0 Å². The molecule has 2 bridgehead atoms. The molecule has 0 radical (unpaired) electrons. The number of halogens is 1. The van der Waals surface area contributed by atoms with Crippen molar-refractivity contribution >= 4 is 28.2 Å². The van der Waals surface area contributed by atoms with Crippen molar-refractivity contribution in [2.24, 2.45) is 5.92 Å². The molecule has 0 spiro atoms. The molecule has 5 rings (SSSR count). The Morgan fingerprint density at radius 2 is 2.05 bits per heavy atom. The van der Waals surface area contributed by atoms with Gasteiger partial charge >= 0.3 is 0 Å². The molecule has 3 nitrogen and oxygen atoms in total. The van der Waals surface area contributed by atoms with E-state index in [4.69, 9.17) is 11.6 Å². The molecular formula is C16H18ClN3. The number of benzene rings is 1. The molecule has 2 aromatic rings. The maximum absolute atomic E-state index is 6.26. The third-order valence-electron chi connectivity index (χ3n) is 4.71. The molecule has 1 unspecified atom stereocenters. The van der Waals surface area contributed by atoms with Crippen molar-refractivity contribution in [3.8, 4) is 0 Å². The van der Waals surface area contributed by atoms with Crippen LogP contribution in [0.3, 0.4) is 0 Å². The Balaban J connectivity index is 1.68. The first-order chi connectivity index (χ1) is 9.81. The van der Waals surface area contributed by atoms with Gasteiger partial charge in [0, 0.05) is 24.2 Å². The zero-order valence-corrected chi connectivity index (χ0v) is 12.1. The van der Waals surface area contributed by atoms with Crippen LogP contribution in [0, 0.1) is 5.92 Å². The monoisotopic (exact) mass is 287 g/mol. The van der Waals surface area contributed by atoms with Gasteiger partial charge < -0.3 is 10.2 Å². The normalized spacial score (nSPS) is 28.8. The highest BCUT2D eigenvalue weighted by molar-refractivity contribution is 6.35. The number of fused-ring (bicyclic) bond motifs is 4. The van der Waals surface area contributed by atoms with Crippen molar-refractivity contribution in [3.63, 3.8) is 0 Å². The fourth-order valence-corrected chi connectivity index (χ4v) is 3.80. The van der Waals surface area contributed by atoms with Crippen LogP contribution in [0.25, 0.3) is 10.9 Å². The van der Waals surface area contributed by atoms with Gasteiger partial charge in [-0.05, 0) is 56.1 Å². The second-order valence-electron chi connectivity index (χ2n) is 5.88. The molecule has 3 saturated heterocycles. The third kappa shape index (κ3) is 2.05. The highest BCUT2D eigenvalue weighted by Gasteiger charge is 2.34. The van der Waals surface area contributed by atoms with Crippen LogP contribution in [-0.2, 0) is 0 Å². The summed E-state index contributed by atoms with van der Waals surface area (Å²) in [6, 6.07) is 8.55. The van der Waals surface area contributed by atoms with Crippen molar-refractivity contribution in [2.45, 2.75) is 18.9 Å². The molecule has 3 aliphatic rings. The lowest BCUT2D eigenvalue weighted by atomic mass is 9.84. The summed E-state index contributed by atoms with van der Waals surface area (Å²) in [5.74, 6) is 0.800. The van der Waals surface area contributed by atoms with Crippen LogP contribution in [-0.4, -0.2) is 35.6 Å². The Morgan fingerprint density at radius 1 is 1.20 bits per heavy atom. The molecule has 0 saturated carbocycles. The standard InChI is InChI=1S/C16H18ClN3/c17-13-3-4-14(16-12(13)2-1-7-18-16)19-15-10-20-8-5-11(15)6-9-20/h1-4,7,11,15,19H,5-6,8-10H2. The Kier molecular flexibility index (Phi) is 3.04. The van der Waals surface area contributed by atoms with Gasteiger partial charge in [0.1, 0.15) is 0 Å². The predicted molar refractivity (Wildman–Crippen MR) is 83.3 cm³/mol. The van der Waals surface area contributed by atoms with E-state index in [2.05, 4.69) is 21.3 Å². The number of piperidine rings is 3. The van der Waals surface area contributed by atoms with Gasteiger partial charge in [0.2, 0.25) is 0 Å². The average Bonchev–Trinajstić information content (AvgIpc) is 2.52. The summed E-state index contributed by atoms with van der Waals surface area (Å²) in [5, 5.41) is 5.52. The first-order valence-electron chi connectivity index (χ1n) is 7.33. The molecule has 4 heterocycles. The summed E-state index contributed by atoms with van der Waals surface area (Å²) in [7, 11) is 0. The predicted octanol–water partition coefficient (Wildman–Crippen LogP) is 3.39. The van der Waals surface area contributed by atoms with E-state index in [1.165, 1.54) is 25.9 Å². The van der Waals surface area contributed by atoms with Crippen molar-refractivity contribution in [2.75, 3.05) is 25.0 Å². The number of hydrogen-bond donors (Lipinski definition) is 1. The Morgan fingerprint density at radius 3 is 2.80 bits per heavy atom. The van der Waals surface area contributed by atoms with Crippen molar-refractivity contribution in [1.29, 1.82) is 0 Å². The van der Waals surface area contributed by atoms with E-state index in [9.17, 15) is 0 Å². The molecular weight excluding hydrogens is 270 g/mol. The van der Waals surface area contributed by atoms with Crippen LogP contribution in [0.5, 0.6) is 0 Å². The molecule has 0 aliphatic carbocycles. The number of rotatable bonds is 2. The summed E-state index contributed by atoms with van der Waals surface area (Å²) in [6.45, 7) is 3.69. The second-order valence-corrected chi connectivity index (χ2v) is 6.29. The highest BCUT2D eigenvalue weighted by atomic mass is 35.5. The molecule has 1 N–H and O–H groups in total. The van der Waals surface area contributed by atoms with E-state index in [0.29, 0.717) is 6.04 Å². The van der Waals surface area contributed by atoms with E-state index < -0.39 is 0 Å². The maximum Gasteiger partial charge on any atom is 0.0948 e. The van der Waals surface area contributed by atoms with E-state index in [0.717, 1.165) is 34.1 Å². The van der Waals surface area contributed by atoms with Gasteiger partial charge in [0.05, 0.1) is 16.2 Å². The fraction of sp³-hybridized carbons (Fsp3) is 0.438. The molecule has 3 aliphatic heterocycles. The maximum atomic E-state index is 6.26. The molecule has 4 heteroatoms. The van der Waals surface area contributed by atoms with Gasteiger partial charge in [-0.15, -0.1) is 0 Å². The Hall–Kier alpha value is -1.32. The minimum Gasteiger partial charge on any atom is -0.379 e. The molecule has 0 amide bonds. The van der Waals surface area contributed by atoms with Crippen molar-refractivity contribution < 1.29 is 0 Å². The molecule has 104 valence electrons. The minimum atomic E-state index is 0.545. The SMILES string of the molecule is Clc1ccc(NC2CN3CCC2CC3)c2ncccc12. The molecule has 1 atom stereocenters. The molecule has 1 aromatic carbocycles. The van der Waals surface area contributed by atoms with Crippen molar-refractivity contribution in [3.05, 3.63) is 35.5 Å². The number of nitrogens with zero attached hydrogens (tertiary/aromatic N) is 2. The lowest BCUT2D eigenvalue weighted by molar-refractivity contribution is 0.0976. The van der Waals surface area contributed by atoms with Gasteiger partial charge in [0.15, 0.2) is 0 Å². The first kappa shape index (κ1) is 12.4. The Labute approximate surface area is 123 Å². The van der Waals surface area contributed by atoms with E-state index in [1.807, 2.05) is 24.4 Å². The molecule has 3 fully saturated rings. The van der Waals surface area contributed by atoms with Crippen molar-refractivity contribution in [1.82, 2.24) is 9.88 Å². The summed E-state index contributed by atoms with van der Waals surface area (Å²) in [4.78, 5) is 7.07. The van der Waals surface area contributed by atoms with Gasteiger partial charge in [0.25, 0.3) is 0 Å². The third-order valence-corrected chi connectivity index (χ3v) is 5.04. The number of hydrogen-bond acceptors (Lipinski definition) is 3. The lowest BCUT2D eigenvalue weighted by Crippen LogP contribution is -2.53. The lowest BCUT2D eigenvalue weighted by Gasteiger charge is -2.45. The van der Waals surface area contributed by atoms with Crippen LogP contribution in [0.2, 0.25) is 5.02 Å². The summed E-state index contributed by atoms with van der Waals surface area (Å²) >= 11 is 6.26. The topological polar surface area (TPSA) is 28.2 Å². The summed E-state index contributed by atoms with van der Waals surface area (Å²) in [5.41, 5.74) is 2.10. The zero-order valence-electron chi connectivity index (χ0n) is 11.3. The summed E-state index contributed by atoms with van der Waals surface area (Å²) in [6.07, 6.45) is 4.47. The smallest absolute Gasteiger partial charge is 0.0948 e. The highest BCUT2D eigenvalue weighted by Crippen LogP contribution is 2.33. The average molecular weight is 288 g/mol. The minimum absolute atomic E-state index is 0.545. The van der Waals surface area contributed by atoms with Crippen LogP contribution in [0.1, 0.15) is 12.8 Å². The van der Waals surface area contributed by atoms with Gasteiger partial charge in [-0.2, -0.15) is 0 Å². The van der Waals surface area contributed by atoms with Gasteiger partial charge in [-0.1, -0.05) is 11.6 Å². The van der Waals surface area contributed by atoms with E-state index in [-0.39, 0.29) is 0 Å². The van der Waals surface area contributed by atoms with Crippen LogP contribution in [0.4, 0.5) is 5.69 Å². The van der Waals surface area contributed by atoms with Gasteiger partial charge in [-0.25, -0.2) is 0 Å². The quantitative estimate of drug-likeness (QED) is 0.918. The molecule has 20 heavy (non-hydrogen) atoms. The fourth-order valence-electron chi connectivity index (χ4n) is 3.58. The number of pyridine rings is 1. The number of anilines is 1. The van der Waals surface area contributed by atoms with E-state index >= 15 is 0 Å². The van der Waals surface area contributed by atoms with Gasteiger partial charge in [-0.3, -0.25) is 4.98 Å². The van der Waals surface area contributed by atoms with Crippen LogP contribution < -0.4 is 5.32 Å². The number of nitrogens with one attached hydrogen (secondary N) is 1. The second kappa shape index (κ2) is 4.90. The van der Waals surface area contributed by atoms with Crippen LogP contribution >= 0.6 is 11.6 Å². The summed E-state index contributed by atoms with van der Waals surface area (Å²) < 4.78 is 0. The largest absolute Gasteiger partial charge is 0.379 e. The zero-order chi connectivity index (χ0) is 13.5. The number of aromatic nitrogens is 1. The first-order valence-corrected chi connectivity index (χ1v) is 7.71. The van der Waals surface area contributed by atoms with Crippen LogP contribution in [0.15, 0.2) is 30.5 Å². The molecule has 1 aromatic heterocycles. The Bertz CT molecular complexity index is 635.